The summed E-state index contributed by atoms with van der Waals surface area (Å²) in [5, 5.41) is 1.15. The summed E-state index contributed by atoms with van der Waals surface area (Å²) in [5.74, 6) is 1.01. The molecule has 1 aliphatic rings. The first-order valence-corrected chi connectivity index (χ1v) is 6.14. The van der Waals surface area contributed by atoms with Crippen molar-refractivity contribution < 1.29 is 0 Å². The quantitative estimate of drug-likeness (QED) is 0.504. The summed E-state index contributed by atoms with van der Waals surface area (Å²) < 4.78 is 0. The first-order valence-electron chi connectivity index (χ1n) is 5.02. The molecule has 0 aromatic rings. The zero-order valence-corrected chi connectivity index (χ0v) is 9.81. The second-order valence-electron chi connectivity index (χ2n) is 3.95. The first-order chi connectivity index (χ1) is 5.75. The topological polar surface area (TPSA) is 3.24 Å². The van der Waals surface area contributed by atoms with Crippen LogP contribution in [0.15, 0.2) is 0 Å². The molecule has 0 saturated heterocycles. The highest BCUT2D eigenvalue weighted by molar-refractivity contribution is 9.09. The molecule has 12 heavy (non-hydrogen) atoms. The van der Waals surface area contributed by atoms with Crippen LogP contribution < -0.4 is 0 Å². The fourth-order valence-corrected chi connectivity index (χ4v) is 1.99. The molecule has 0 bridgehead atoms. The predicted molar refractivity (Wildman–Crippen MR) is 57.8 cm³/mol. The van der Waals surface area contributed by atoms with E-state index < -0.39 is 0 Å². The molecule has 0 amide bonds. The fourth-order valence-electron chi connectivity index (χ4n) is 1.60. The molecule has 0 radical (unpaired) electrons. The molecule has 1 nitrogen and oxygen atoms in total. The van der Waals surface area contributed by atoms with E-state index in [4.69, 9.17) is 0 Å². The molecule has 0 N–H and O–H groups in total. The minimum atomic E-state index is 0.820. The second-order valence-corrected chi connectivity index (χ2v) is 4.75. The molecule has 1 unspecified atom stereocenters. The Kier molecular flexibility index (Phi) is 4.59. The van der Waals surface area contributed by atoms with E-state index >= 15 is 0 Å². The van der Waals surface area contributed by atoms with E-state index in [1.165, 1.54) is 32.2 Å². The maximum Gasteiger partial charge on any atom is 0.00921 e. The van der Waals surface area contributed by atoms with E-state index in [0.29, 0.717) is 0 Å². The first kappa shape index (κ1) is 10.5. The van der Waals surface area contributed by atoms with Crippen molar-refractivity contribution in [1.82, 2.24) is 4.90 Å². The van der Waals surface area contributed by atoms with Gasteiger partial charge in [0.25, 0.3) is 0 Å². The summed E-state index contributed by atoms with van der Waals surface area (Å²) in [6.45, 7) is 3.63. The molecule has 72 valence electrons. The lowest BCUT2D eigenvalue weighted by Gasteiger charge is -2.24. The summed E-state index contributed by atoms with van der Waals surface area (Å²) in [6, 6.07) is 0.820. The van der Waals surface area contributed by atoms with Crippen molar-refractivity contribution in [3.63, 3.8) is 0 Å². The van der Waals surface area contributed by atoms with Gasteiger partial charge in [0.05, 0.1) is 0 Å². The van der Waals surface area contributed by atoms with Crippen LogP contribution in [0.25, 0.3) is 0 Å². The Morgan fingerprint density at radius 2 is 2.08 bits per heavy atom. The maximum atomic E-state index is 3.46. The number of alkyl halides is 1. The standard InChI is InChI=1S/C10H20BrN/c1-9(10-5-6-10)12(2)8-4-3-7-11/h9-10H,3-8H2,1-2H3. The number of nitrogens with zero attached hydrogens (tertiary/aromatic N) is 1. The van der Waals surface area contributed by atoms with Gasteiger partial charge in [0.2, 0.25) is 0 Å². The summed E-state index contributed by atoms with van der Waals surface area (Å²) in [5.41, 5.74) is 0. The normalized spacial score (nSPS) is 20.0. The van der Waals surface area contributed by atoms with E-state index in [2.05, 4.69) is 34.8 Å². The molecule has 1 fully saturated rings. The monoisotopic (exact) mass is 233 g/mol. The molecule has 0 heterocycles. The third-order valence-electron chi connectivity index (χ3n) is 2.89. The predicted octanol–water partition coefficient (Wildman–Crippen LogP) is 2.89. The van der Waals surface area contributed by atoms with Gasteiger partial charge in [-0.1, -0.05) is 15.9 Å². The molecule has 1 saturated carbocycles. The van der Waals surface area contributed by atoms with Crippen LogP contribution in [0.3, 0.4) is 0 Å². The van der Waals surface area contributed by atoms with Crippen LogP contribution in [0.2, 0.25) is 0 Å². The van der Waals surface area contributed by atoms with Gasteiger partial charge < -0.3 is 4.90 Å². The Hall–Kier alpha value is 0.440. The highest BCUT2D eigenvalue weighted by Crippen LogP contribution is 2.34. The molecule has 2 heteroatoms. The molecular formula is C10H20BrN. The van der Waals surface area contributed by atoms with Crippen LogP contribution in [-0.2, 0) is 0 Å². The highest BCUT2D eigenvalue weighted by Gasteiger charge is 2.29. The van der Waals surface area contributed by atoms with Crippen LogP contribution in [0.1, 0.15) is 32.6 Å². The second kappa shape index (κ2) is 5.23. The Morgan fingerprint density at radius 3 is 2.58 bits per heavy atom. The molecule has 1 rings (SSSR count). The molecule has 1 atom stereocenters. The van der Waals surface area contributed by atoms with Crippen molar-refractivity contribution in [2.75, 3.05) is 18.9 Å². The molecule has 0 aromatic heterocycles. The molecule has 0 aliphatic heterocycles. The van der Waals surface area contributed by atoms with Crippen molar-refractivity contribution >= 4 is 15.9 Å². The van der Waals surface area contributed by atoms with E-state index in [0.717, 1.165) is 17.3 Å². The summed E-state index contributed by atoms with van der Waals surface area (Å²) in [7, 11) is 2.26. The van der Waals surface area contributed by atoms with E-state index in [1.54, 1.807) is 0 Å². The van der Waals surface area contributed by atoms with Gasteiger partial charge in [-0.25, -0.2) is 0 Å². The van der Waals surface area contributed by atoms with Gasteiger partial charge in [-0.15, -0.1) is 0 Å². The van der Waals surface area contributed by atoms with Crippen LogP contribution in [0.5, 0.6) is 0 Å². The molecular weight excluding hydrogens is 214 g/mol. The maximum absolute atomic E-state index is 3.46. The van der Waals surface area contributed by atoms with Crippen molar-refractivity contribution in [2.24, 2.45) is 5.92 Å². The third kappa shape index (κ3) is 3.44. The number of rotatable bonds is 6. The smallest absolute Gasteiger partial charge is 0.00921 e. The van der Waals surface area contributed by atoms with Crippen LogP contribution in [0.4, 0.5) is 0 Å². The van der Waals surface area contributed by atoms with Gasteiger partial charge in [-0.05, 0) is 52.1 Å². The fraction of sp³-hybridized carbons (Fsp3) is 1.00. The Morgan fingerprint density at radius 1 is 1.42 bits per heavy atom. The zero-order chi connectivity index (χ0) is 8.97. The minimum Gasteiger partial charge on any atom is -0.303 e. The van der Waals surface area contributed by atoms with Gasteiger partial charge in [0.15, 0.2) is 0 Å². The van der Waals surface area contributed by atoms with Crippen molar-refractivity contribution in [3.05, 3.63) is 0 Å². The molecule has 0 aromatic carbocycles. The summed E-state index contributed by atoms with van der Waals surface area (Å²) in [6.07, 6.45) is 5.56. The average Bonchev–Trinajstić information content (AvgIpc) is 2.86. The van der Waals surface area contributed by atoms with Gasteiger partial charge in [-0.2, -0.15) is 0 Å². The summed E-state index contributed by atoms with van der Waals surface area (Å²) in [4.78, 5) is 2.51. The lowest BCUT2D eigenvalue weighted by Crippen LogP contribution is -2.31. The number of halogens is 1. The van der Waals surface area contributed by atoms with E-state index in [1.807, 2.05) is 0 Å². The Labute approximate surface area is 84.6 Å². The average molecular weight is 234 g/mol. The lowest BCUT2D eigenvalue weighted by atomic mass is 10.2. The zero-order valence-electron chi connectivity index (χ0n) is 8.22. The van der Waals surface area contributed by atoms with Gasteiger partial charge in [0, 0.05) is 11.4 Å². The van der Waals surface area contributed by atoms with Gasteiger partial charge in [-0.3, -0.25) is 0 Å². The molecule has 0 spiro atoms. The SMILES string of the molecule is CC(C1CC1)N(C)CCCCBr. The van der Waals surface area contributed by atoms with Gasteiger partial charge in [0.1, 0.15) is 0 Å². The van der Waals surface area contributed by atoms with Gasteiger partial charge >= 0.3 is 0 Å². The largest absolute Gasteiger partial charge is 0.303 e. The molecule has 1 aliphatic carbocycles. The number of hydrogen-bond acceptors (Lipinski definition) is 1. The van der Waals surface area contributed by atoms with E-state index in [9.17, 15) is 0 Å². The lowest BCUT2D eigenvalue weighted by molar-refractivity contribution is 0.232. The van der Waals surface area contributed by atoms with Crippen molar-refractivity contribution in [1.29, 1.82) is 0 Å². The van der Waals surface area contributed by atoms with Crippen LogP contribution in [-0.4, -0.2) is 29.9 Å². The summed E-state index contributed by atoms with van der Waals surface area (Å²) >= 11 is 3.46. The third-order valence-corrected chi connectivity index (χ3v) is 3.45. The van der Waals surface area contributed by atoms with Crippen molar-refractivity contribution in [2.45, 2.75) is 38.6 Å². The van der Waals surface area contributed by atoms with Crippen LogP contribution in [0, 0.1) is 5.92 Å². The Bertz CT molecular complexity index is 123. The van der Waals surface area contributed by atoms with Crippen molar-refractivity contribution in [3.8, 4) is 0 Å². The Balaban J connectivity index is 2.04. The van der Waals surface area contributed by atoms with E-state index in [-0.39, 0.29) is 0 Å². The van der Waals surface area contributed by atoms with Crippen LogP contribution >= 0.6 is 15.9 Å². The highest BCUT2D eigenvalue weighted by atomic mass is 79.9. The number of unbranched alkanes of at least 4 members (excludes halogenated alkanes) is 1. The minimum absolute atomic E-state index is 0.820. The number of hydrogen-bond donors (Lipinski definition) is 0.